The predicted octanol–water partition coefficient (Wildman–Crippen LogP) is 1.52. The van der Waals surface area contributed by atoms with Crippen LogP contribution in [-0.2, 0) is 14.3 Å². The maximum Gasteiger partial charge on any atom is 0.230 e. The van der Waals surface area contributed by atoms with Gasteiger partial charge in [0.1, 0.15) is 0 Å². The molecule has 5 nitrogen and oxygen atoms in total. The van der Waals surface area contributed by atoms with E-state index in [2.05, 4.69) is 5.32 Å². The largest absolute Gasteiger partial charge is 0.550 e. The van der Waals surface area contributed by atoms with E-state index >= 15 is 0 Å². The first kappa shape index (κ1) is 15.8. The summed E-state index contributed by atoms with van der Waals surface area (Å²) < 4.78 is 5.45. The molecule has 1 saturated heterocycles. The Kier molecular flexibility index (Phi) is 5.20. The molecule has 2 unspecified atom stereocenters. The molecule has 1 fully saturated rings. The van der Waals surface area contributed by atoms with Gasteiger partial charge in [0.2, 0.25) is 5.91 Å². The Labute approximate surface area is 128 Å². The van der Waals surface area contributed by atoms with Crippen molar-refractivity contribution in [2.75, 3.05) is 11.9 Å². The minimum atomic E-state index is -1.26. The van der Waals surface area contributed by atoms with Gasteiger partial charge in [-0.3, -0.25) is 4.79 Å². The molecule has 0 radical (unpaired) electrons. The van der Waals surface area contributed by atoms with Crippen molar-refractivity contribution in [3.63, 3.8) is 0 Å². The summed E-state index contributed by atoms with van der Waals surface area (Å²) in [5, 5.41) is 14.2. The highest BCUT2D eigenvalue weighted by molar-refractivity contribution is 6.31. The van der Waals surface area contributed by atoms with Crippen molar-refractivity contribution in [3.05, 3.63) is 28.8 Å². The number of carboxylic acid groups (broad SMARTS) is 1. The number of carbonyl (C=O) groups is 2. The van der Waals surface area contributed by atoms with E-state index in [1.54, 1.807) is 25.1 Å². The van der Waals surface area contributed by atoms with Crippen molar-refractivity contribution in [2.24, 2.45) is 5.92 Å². The number of aliphatic carboxylic acids is 1. The van der Waals surface area contributed by atoms with Crippen LogP contribution >= 0.6 is 11.6 Å². The second-order valence-electron chi connectivity index (χ2n) is 5.14. The number of hydrogen-bond donors (Lipinski definition) is 1. The van der Waals surface area contributed by atoms with Gasteiger partial charge >= 0.3 is 0 Å². The molecular formula is C15H17ClNO4-. The lowest BCUT2D eigenvalue weighted by atomic mass is 9.95. The number of halogens is 1. The lowest BCUT2D eigenvalue weighted by molar-refractivity contribution is -0.307. The molecule has 6 heteroatoms. The Morgan fingerprint density at radius 2 is 2.29 bits per heavy atom. The quantitative estimate of drug-likeness (QED) is 0.894. The van der Waals surface area contributed by atoms with E-state index in [0.717, 1.165) is 12.0 Å². The van der Waals surface area contributed by atoms with E-state index in [4.69, 9.17) is 16.3 Å². The number of anilines is 1. The lowest BCUT2D eigenvalue weighted by Crippen LogP contribution is -2.38. The van der Waals surface area contributed by atoms with Gasteiger partial charge in [-0.15, -0.1) is 0 Å². The predicted molar refractivity (Wildman–Crippen MR) is 76.9 cm³/mol. The van der Waals surface area contributed by atoms with Crippen LogP contribution in [0.25, 0.3) is 0 Å². The number of carboxylic acids is 1. The van der Waals surface area contributed by atoms with Gasteiger partial charge in [-0.25, -0.2) is 0 Å². The molecule has 21 heavy (non-hydrogen) atoms. The van der Waals surface area contributed by atoms with E-state index in [0.29, 0.717) is 23.7 Å². The van der Waals surface area contributed by atoms with E-state index in [-0.39, 0.29) is 18.4 Å². The van der Waals surface area contributed by atoms with E-state index in [1.165, 1.54) is 0 Å². The highest BCUT2D eigenvalue weighted by Crippen LogP contribution is 2.27. The van der Waals surface area contributed by atoms with Crippen LogP contribution in [0.15, 0.2) is 18.2 Å². The third-order valence-electron chi connectivity index (χ3n) is 3.66. The molecular weight excluding hydrogens is 294 g/mol. The second kappa shape index (κ2) is 6.91. The van der Waals surface area contributed by atoms with Gasteiger partial charge in [0.15, 0.2) is 0 Å². The zero-order chi connectivity index (χ0) is 15.4. The molecule has 2 atom stereocenters. The normalized spacial score (nSPS) is 19.2. The summed E-state index contributed by atoms with van der Waals surface area (Å²) in [6.07, 6.45) is 0.788. The molecule has 0 aliphatic carbocycles. The highest BCUT2D eigenvalue weighted by atomic mass is 35.5. The summed E-state index contributed by atoms with van der Waals surface area (Å²) >= 11 is 6.01. The van der Waals surface area contributed by atoms with Crippen molar-refractivity contribution in [2.45, 2.75) is 32.3 Å². The molecule has 1 aromatic rings. The molecule has 2 rings (SSSR count). The van der Waals surface area contributed by atoms with Gasteiger partial charge < -0.3 is 20.0 Å². The van der Waals surface area contributed by atoms with Gasteiger partial charge in [0, 0.05) is 29.7 Å². The molecule has 1 aliphatic heterocycles. The van der Waals surface area contributed by atoms with Crippen molar-refractivity contribution >= 4 is 29.2 Å². The number of benzene rings is 1. The number of ether oxygens (including phenoxy) is 1. The topological polar surface area (TPSA) is 78.5 Å². The Balaban J connectivity index is 2.14. The van der Waals surface area contributed by atoms with E-state index in [9.17, 15) is 14.7 Å². The van der Waals surface area contributed by atoms with Gasteiger partial charge in [0.05, 0.1) is 12.0 Å². The Morgan fingerprint density at radius 1 is 1.52 bits per heavy atom. The summed E-state index contributed by atoms with van der Waals surface area (Å²) in [7, 11) is 0. The molecule has 1 aromatic carbocycles. The number of nitrogens with one attached hydrogen (secondary N) is 1. The van der Waals surface area contributed by atoms with Crippen molar-refractivity contribution in [1.29, 1.82) is 0 Å². The average molecular weight is 311 g/mol. The van der Waals surface area contributed by atoms with Crippen molar-refractivity contribution in [1.82, 2.24) is 0 Å². The maximum absolute atomic E-state index is 12.4. The first-order valence-corrected chi connectivity index (χ1v) is 7.24. The van der Waals surface area contributed by atoms with Crippen LogP contribution in [-0.4, -0.2) is 24.6 Å². The molecule has 114 valence electrons. The minimum absolute atomic E-state index is 0.351. The van der Waals surface area contributed by atoms with Crippen LogP contribution in [0.2, 0.25) is 5.02 Å². The fraction of sp³-hybridized carbons (Fsp3) is 0.467. The SMILES string of the molecule is Cc1c(Cl)cccc1NC(=O)C(CC(=O)[O-])C1CCCO1. The van der Waals surface area contributed by atoms with Gasteiger partial charge in [-0.2, -0.15) is 0 Å². The Hall–Kier alpha value is -1.59. The number of amides is 1. The molecule has 1 amide bonds. The summed E-state index contributed by atoms with van der Waals surface area (Å²) in [6.45, 7) is 2.34. The first-order valence-electron chi connectivity index (χ1n) is 6.86. The number of carbonyl (C=O) groups excluding carboxylic acids is 2. The highest BCUT2D eigenvalue weighted by Gasteiger charge is 2.32. The summed E-state index contributed by atoms with van der Waals surface area (Å²) in [5.41, 5.74) is 1.32. The third kappa shape index (κ3) is 3.95. The van der Waals surface area contributed by atoms with Crippen LogP contribution in [0.5, 0.6) is 0 Å². The summed E-state index contributed by atoms with van der Waals surface area (Å²) in [4.78, 5) is 23.2. The van der Waals surface area contributed by atoms with E-state index in [1.807, 2.05) is 0 Å². The van der Waals surface area contributed by atoms with Crippen molar-refractivity contribution in [3.8, 4) is 0 Å². The average Bonchev–Trinajstić information content (AvgIpc) is 2.94. The van der Waals surface area contributed by atoms with Gasteiger partial charge in [-0.05, 0) is 37.5 Å². The standard InChI is InChI=1S/C15H18ClNO4/c1-9-11(16)4-2-5-12(9)17-15(20)10(8-14(18)19)13-6-3-7-21-13/h2,4-5,10,13H,3,6-8H2,1H3,(H,17,20)(H,18,19)/p-1. The number of rotatable bonds is 5. The molecule has 0 spiro atoms. The van der Waals surface area contributed by atoms with Crippen molar-refractivity contribution < 1.29 is 19.4 Å². The summed E-state index contributed by atoms with van der Waals surface area (Å²) in [6, 6.07) is 5.18. The summed E-state index contributed by atoms with van der Waals surface area (Å²) in [5.74, 6) is -2.39. The number of hydrogen-bond acceptors (Lipinski definition) is 4. The minimum Gasteiger partial charge on any atom is -0.550 e. The smallest absolute Gasteiger partial charge is 0.230 e. The zero-order valence-electron chi connectivity index (χ0n) is 11.7. The molecule has 1 N–H and O–H groups in total. The van der Waals surface area contributed by atoms with Crippen LogP contribution in [0, 0.1) is 12.8 Å². The molecule has 0 saturated carbocycles. The van der Waals surface area contributed by atoms with Crippen LogP contribution in [0.3, 0.4) is 0 Å². The molecule has 1 heterocycles. The lowest BCUT2D eigenvalue weighted by Gasteiger charge is -2.23. The fourth-order valence-electron chi connectivity index (χ4n) is 2.46. The van der Waals surface area contributed by atoms with E-state index < -0.39 is 11.9 Å². The Morgan fingerprint density at radius 3 is 2.90 bits per heavy atom. The van der Waals surface area contributed by atoms with Gasteiger partial charge in [-0.1, -0.05) is 17.7 Å². The molecule has 1 aliphatic rings. The van der Waals surface area contributed by atoms with Crippen LogP contribution < -0.4 is 10.4 Å². The molecule has 0 aromatic heterocycles. The second-order valence-corrected chi connectivity index (χ2v) is 5.54. The maximum atomic E-state index is 12.4. The first-order chi connectivity index (χ1) is 9.99. The Bertz CT molecular complexity index is 540. The monoisotopic (exact) mass is 310 g/mol. The third-order valence-corrected chi connectivity index (χ3v) is 4.07. The van der Waals surface area contributed by atoms with Gasteiger partial charge in [0.25, 0.3) is 0 Å². The zero-order valence-corrected chi connectivity index (χ0v) is 12.5. The van der Waals surface area contributed by atoms with Crippen LogP contribution in [0.1, 0.15) is 24.8 Å². The fourth-order valence-corrected chi connectivity index (χ4v) is 2.64. The molecule has 0 bridgehead atoms. The van der Waals surface area contributed by atoms with Crippen LogP contribution in [0.4, 0.5) is 5.69 Å².